The van der Waals surface area contributed by atoms with Crippen molar-refractivity contribution in [2.24, 2.45) is 0 Å². The number of carbonyl (C=O) groups excluding carboxylic acids is 2. The van der Waals surface area contributed by atoms with Crippen LogP contribution in [0, 0.1) is 0 Å². The molecule has 0 spiro atoms. The van der Waals surface area contributed by atoms with Gasteiger partial charge in [0.25, 0.3) is 0 Å². The van der Waals surface area contributed by atoms with E-state index < -0.39 is 6.04 Å². The predicted octanol–water partition coefficient (Wildman–Crippen LogP) is 1.66. The van der Waals surface area contributed by atoms with Crippen LogP contribution in [0.4, 0.5) is 0 Å². The van der Waals surface area contributed by atoms with Gasteiger partial charge in [0.05, 0.1) is 6.04 Å². The minimum absolute atomic E-state index is 0.00838. The van der Waals surface area contributed by atoms with Crippen LogP contribution in [-0.2, 0) is 9.59 Å². The topological polar surface area (TPSA) is 62.3 Å². The number of hydrogen-bond donors (Lipinski definition) is 1. The van der Waals surface area contributed by atoms with Gasteiger partial charge in [-0.05, 0) is 25.0 Å². The van der Waals surface area contributed by atoms with Gasteiger partial charge in [0, 0.05) is 25.4 Å². The van der Waals surface area contributed by atoms with Gasteiger partial charge >= 0.3 is 0 Å². The van der Waals surface area contributed by atoms with E-state index in [0.29, 0.717) is 19.4 Å². The third-order valence-corrected chi connectivity index (χ3v) is 3.71. The molecule has 108 valence electrons. The van der Waals surface area contributed by atoms with Crippen molar-refractivity contribution >= 4 is 11.8 Å². The Morgan fingerprint density at radius 1 is 1.50 bits per heavy atom. The van der Waals surface area contributed by atoms with Crippen LogP contribution in [0.3, 0.4) is 0 Å². The zero-order chi connectivity index (χ0) is 14.5. The summed E-state index contributed by atoms with van der Waals surface area (Å²) in [6.07, 6.45) is 5.39. The summed E-state index contributed by atoms with van der Waals surface area (Å²) in [7, 11) is 0. The Morgan fingerprint density at radius 3 is 2.95 bits per heavy atom. The van der Waals surface area contributed by atoms with E-state index >= 15 is 0 Å². The fourth-order valence-electron chi connectivity index (χ4n) is 2.53. The summed E-state index contributed by atoms with van der Waals surface area (Å²) in [5.41, 5.74) is 0.991. The Bertz CT molecular complexity index is 475. The van der Waals surface area contributed by atoms with Crippen LogP contribution in [0.2, 0.25) is 0 Å². The van der Waals surface area contributed by atoms with Crippen molar-refractivity contribution < 1.29 is 9.59 Å². The van der Waals surface area contributed by atoms with Gasteiger partial charge in [-0.1, -0.05) is 19.4 Å². The highest BCUT2D eigenvalue weighted by Crippen LogP contribution is 2.22. The molecule has 1 aliphatic heterocycles. The molecule has 1 aliphatic rings. The molecule has 1 aromatic rings. The first-order valence-corrected chi connectivity index (χ1v) is 7.13. The van der Waals surface area contributed by atoms with Crippen molar-refractivity contribution in [3.8, 4) is 0 Å². The maximum absolute atomic E-state index is 12.6. The summed E-state index contributed by atoms with van der Waals surface area (Å²) in [5.74, 6) is -0.0354. The molecule has 0 radical (unpaired) electrons. The molecule has 5 nitrogen and oxygen atoms in total. The minimum Gasteiger partial charge on any atom is -0.344 e. The molecule has 2 heterocycles. The maximum Gasteiger partial charge on any atom is 0.245 e. The monoisotopic (exact) mass is 275 g/mol. The third-order valence-electron chi connectivity index (χ3n) is 3.71. The van der Waals surface area contributed by atoms with Crippen molar-refractivity contribution in [1.82, 2.24) is 15.2 Å². The van der Waals surface area contributed by atoms with Gasteiger partial charge in [-0.3, -0.25) is 14.6 Å². The Balaban J connectivity index is 2.20. The van der Waals surface area contributed by atoms with E-state index in [4.69, 9.17) is 0 Å². The Hall–Kier alpha value is -1.91. The number of aromatic nitrogens is 1. The summed E-state index contributed by atoms with van der Waals surface area (Å²) >= 11 is 0. The summed E-state index contributed by atoms with van der Waals surface area (Å²) in [6, 6.07) is 3.36. The number of nitrogens with one attached hydrogen (secondary N) is 1. The first-order valence-electron chi connectivity index (χ1n) is 7.13. The molecule has 2 unspecified atom stereocenters. The molecule has 1 fully saturated rings. The molecule has 2 amide bonds. The Labute approximate surface area is 119 Å². The average molecular weight is 275 g/mol. The van der Waals surface area contributed by atoms with Crippen LogP contribution in [0.25, 0.3) is 0 Å². The third kappa shape index (κ3) is 3.15. The fraction of sp³-hybridized carbons (Fsp3) is 0.533. The second-order valence-electron chi connectivity index (χ2n) is 5.15. The predicted molar refractivity (Wildman–Crippen MR) is 75.8 cm³/mol. The number of hydrogen-bond acceptors (Lipinski definition) is 3. The fourth-order valence-corrected chi connectivity index (χ4v) is 2.53. The number of carbonyl (C=O) groups is 2. The molecular weight excluding hydrogens is 254 g/mol. The number of amides is 2. The molecule has 1 aromatic heterocycles. The van der Waals surface area contributed by atoms with Gasteiger partial charge in [0.2, 0.25) is 11.8 Å². The molecule has 2 rings (SSSR count). The smallest absolute Gasteiger partial charge is 0.245 e. The van der Waals surface area contributed by atoms with Gasteiger partial charge in [-0.15, -0.1) is 0 Å². The van der Waals surface area contributed by atoms with Crippen molar-refractivity contribution in [2.75, 3.05) is 6.54 Å². The first kappa shape index (κ1) is 14.5. The van der Waals surface area contributed by atoms with Gasteiger partial charge in [-0.2, -0.15) is 0 Å². The van der Waals surface area contributed by atoms with Gasteiger partial charge in [0.15, 0.2) is 0 Å². The SMILES string of the molecule is CCCC1NC(=O)CCN(C(C)c2cccnc2)C1=O. The molecule has 0 aliphatic carbocycles. The molecule has 1 saturated heterocycles. The van der Waals surface area contributed by atoms with Crippen LogP contribution < -0.4 is 5.32 Å². The molecule has 1 N–H and O–H groups in total. The zero-order valence-corrected chi connectivity index (χ0v) is 12.0. The molecule has 20 heavy (non-hydrogen) atoms. The van der Waals surface area contributed by atoms with E-state index in [1.54, 1.807) is 17.3 Å². The summed E-state index contributed by atoms with van der Waals surface area (Å²) in [5, 5.41) is 2.82. The van der Waals surface area contributed by atoms with E-state index in [2.05, 4.69) is 10.3 Å². The van der Waals surface area contributed by atoms with Crippen molar-refractivity contribution in [3.05, 3.63) is 30.1 Å². The second-order valence-corrected chi connectivity index (χ2v) is 5.15. The standard InChI is InChI=1S/C15H21N3O2/c1-3-5-13-15(20)18(9-7-14(19)17-13)11(2)12-6-4-8-16-10-12/h4,6,8,10-11,13H,3,5,7,9H2,1-2H3,(H,17,19). The van der Waals surface area contributed by atoms with Crippen LogP contribution in [0.5, 0.6) is 0 Å². The highest BCUT2D eigenvalue weighted by atomic mass is 16.2. The van der Waals surface area contributed by atoms with E-state index in [9.17, 15) is 9.59 Å². The average Bonchev–Trinajstić information content (AvgIpc) is 2.60. The van der Waals surface area contributed by atoms with E-state index in [-0.39, 0.29) is 17.9 Å². The van der Waals surface area contributed by atoms with Crippen LogP contribution in [0.1, 0.15) is 44.7 Å². The first-order chi connectivity index (χ1) is 9.63. The molecule has 5 heteroatoms. The normalized spacial score (nSPS) is 21.3. The van der Waals surface area contributed by atoms with Crippen LogP contribution in [-0.4, -0.2) is 34.3 Å². The zero-order valence-electron chi connectivity index (χ0n) is 12.0. The maximum atomic E-state index is 12.6. The van der Waals surface area contributed by atoms with E-state index in [1.165, 1.54) is 0 Å². The lowest BCUT2D eigenvalue weighted by molar-refractivity contribution is -0.135. The second kappa shape index (κ2) is 6.50. The lowest BCUT2D eigenvalue weighted by Crippen LogP contribution is -2.45. The number of rotatable bonds is 4. The van der Waals surface area contributed by atoms with Crippen molar-refractivity contribution in [1.29, 1.82) is 0 Å². The van der Waals surface area contributed by atoms with Gasteiger partial charge < -0.3 is 10.2 Å². The lowest BCUT2D eigenvalue weighted by atomic mass is 10.1. The summed E-state index contributed by atoms with van der Waals surface area (Å²) in [4.78, 5) is 30.2. The number of nitrogens with zero attached hydrogens (tertiary/aromatic N) is 2. The summed E-state index contributed by atoms with van der Waals surface area (Å²) in [6.45, 7) is 4.45. The van der Waals surface area contributed by atoms with Gasteiger partial charge in [-0.25, -0.2) is 0 Å². The highest BCUT2D eigenvalue weighted by molar-refractivity contribution is 5.90. The Morgan fingerprint density at radius 2 is 2.30 bits per heavy atom. The Kier molecular flexibility index (Phi) is 4.71. The minimum atomic E-state index is -0.394. The van der Waals surface area contributed by atoms with Crippen molar-refractivity contribution in [3.63, 3.8) is 0 Å². The molecular formula is C15H21N3O2. The van der Waals surface area contributed by atoms with E-state index in [1.807, 2.05) is 26.0 Å². The molecule has 2 atom stereocenters. The lowest BCUT2D eigenvalue weighted by Gasteiger charge is -2.30. The van der Waals surface area contributed by atoms with Crippen LogP contribution in [0.15, 0.2) is 24.5 Å². The largest absolute Gasteiger partial charge is 0.344 e. The van der Waals surface area contributed by atoms with Crippen LogP contribution >= 0.6 is 0 Å². The number of pyridine rings is 1. The van der Waals surface area contributed by atoms with Gasteiger partial charge in [0.1, 0.15) is 6.04 Å². The molecule has 0 aromatic carbocycles. The van der Waals surface area contributed by atoms with E-state index in [0.717, 1.165) is 12.0 Å². The molecule has 0 bridgehead atoms. The quantitative estimate of drug-likeness (QED) is 0.909. The highest BCUT2D eigenvalue weighted by Gasteiger charge is 2.32. The van der Waals surface area contributed by atoms with Crippen molar-refractivity contribution in [2.45, 2.75) is 45.2 Å². The molecule has 0 saturated carbocycles. The summed E-state index contributed by atoms with van der Waals surface area (Å²) < 4.78 is 0.